The molecule has 2 aromatic carbocycles. The predicted molar refractivity (Wildman–Crippen MR) is 125 cm³/mol. The van der Waals surface area contributed by atoms with Crippen LogP contribution in [0.2, 0.25) is 0 Å². The standard InChI is InChI=1S/C26H19NO3S/c1-18(28)16-17-21-20-12-6-3-7-13-22(20)26-25(21)23-14-8-9-15-24(23)27(26)31(29,30)19-10-4-2-5-11-19/h2-17H,1H3/b17-16+. The molecule has 0 saturated heterocycles. The number of carbonyl (C=O) groups is 1. The summed E-state index contributed by atoms with van der Waals surface area (Å²) in [6.45, 7) is 1.50. The fourth-order valence-corrected chi connectivity index (χ4v) is 5.73. The molecule has 0 amide bonds. The van der Waals surface area contributed by atoms with Gasteiger partial charge in [0.2, 0.25) is 0 Å². The second-order valence-corrected chi connectivity index (χ2v) is 9.21. The highest BCUT2D eigenvalue weighted by atomic mass is 32.2. The summed E-state index contributed by atoms with van der Waals surface area (Å²) in [7, 11) is -3.85. The maximum absolute atomic E-state index is 13.8. The molecule has 0 radical (unpaired) electrons. The van der Waals surface area contributed by atoms with Crippen molar-refractivity contribution in [2.24, 2.45) is 0 Å². The van der Waals surface area contributed by atoms with Crippen LogP contribution < -0.4 is 0 Å². The number of ketones is 1. The Labute approximate surface area is 180 Å². The normalized spacial score (nSPS) is 12.3. The molecule has 4 nitrogen and oxygen atoms in total. The van der Waals surface area contributed by atoms with Gasteiger partial charge < -0.3 is 0 Å². The minimum absolute atomic E-state index is 0.0662. The first kappa shape index (κ1) is 19.3. The van der Waals surface area contributed by atoms with Gasteiger partial charge in [0, 0.05) is 16.3 Å². The van der Waals surface area contributed by atoms with Gasteiger partial charge in [-0.25, -0.2) is 12.4 Å². The van der Waals surface area contributed by atoms with Crippen molar-refractivity contribution in [2.75, 3.05) is 0 Å². The van der Waals surface area contributed by atoms with Gasteiger partial charge in [-0.15, -0.1) is 0 Å². The van der Waals surface area contributed by atoms with Gasteiger partial charge in [0.25, 0.3) is 10.0 Å². The van der Waals surface area contributed by atoms with Crippen LogP contribution in [-0.2, 0) is 14.8 Å². The SMILES string of the molecule is CC(=O)/C=C/c1c2cccccc-2c2c1c1ccccc1n2S(=O)(=O)c1ccccc1. The summed E-state index contributed by atoms with van der Waals surface area (Å²) in [5.41, 5.74) is 3.80. The Hall–Kier alpha value is -3.70. The second kappa shape index (κ2) is 7.22. The van der Waals surface area contributed by atoms with E-state index in [1.54, 1.807) is 36.4 Å². The summed E-state index contributed by atoms with van der Waals surface area (Å²) in [6, 6.07) is 25.6. The minimum Gasteiger partial charge on any atom is -0.295 e. The van der Waals surface area contributed by atoms with E-state index in [4.69, 9.17) is 0 Å². The van der Waals surface area contributed by atoms with Crippen molar-refractivity contribution in [2.45, 2.75) is 11.8 Å². The van der Waals surface area contributed by atoms with Gasteiger partial charge in [-0.3, -0.25) is 4.79 Å². The number of nitrogens with zero attached hydrogens (tertiary/aromatic N) is 1. The molecule has 0 spiro atoms. The first-order valence-corrected chi connectivity index (χ1v) is 11.4. The highest BCUT2D eigenvalue weighted by Gasteiger charge is 2.29. The maximum atomic E-state index is 13.8. The highest BCUT2D eigenvalue weighted by Crippen LogP contribution is 2.45. The monoisotopic (exact) mass is 425 g/mol. The van der Waals surface area contributed by atoms with Crippen LogP contribution >= 0.6 is 0 Å². The number of benzene rings is 2. The van der Waals surface area contributed by atoms with Crippen LogP contribution in [0.1, 0.15) is 12.5 Å². The lowest BCUT2D eigenvalue weighted by molar-refractivity contribution is -0.112. The lowest BCUT2D eigenvalue weighted by Crippen LogP contribution is -2.12. The van der Waals surface area contributed by atoms with Crippen molar-refractivity contribution in [3.8, 4) is 11.1 Å². The third-order valence-electron chi connectivity index (χ3n) is 5.45. The van der Waals surface area contributed by atoms with Gasteiger partial charge in [0.05, 0.1) is 15.9 Å². The molecule has 2 aliphatic carbocycles. The molecular weight excluding hydrogens is 406 g/mol. The molecule has 152 valence electrons. The van der Waals surface area contributed by atoms with Gasteiger partial charge >= 0.3 is 0 Å². The molecule has 0 atom stereocenters. The van der Waals surface area contributed by atoms with Crippen molar-refractivity contribution in [1.29, 1.82) is 0 Å². The summed E-state index contributed by atoms with van der Waals surface area (Å²) in [5.74, 6) is -0.0662. The van der Waals surface area contributed by atoms with Crippen LogP contribution in [0.5, 0.6) is 0 Å². The zero-order chi connectivity index (χ0) is 21.6. The van der Waals surface area contributed by atoms with E-state index in [9.17, 15) is 13.2 Å². The Morgan fingerprint density at radius 2 is 1.42 bits per heavy atom. The third kappa shape index (κ3) is 2.97. The molecule has 31 heavy (non-hydrogen) atoms. The van der Waals surface area contributed by atoms with E-state index >= 15 is 0 Å². The summed E-state index contributed by atoms with van der Waals surface area (Å²) < 4.78 is 29.1. The number of fused-ring (bicyclic) bond motifs is 5. The fourth-order valence-electron chi connectivity index (χ4n) is 4.17. The molecule has 1 aromatic heterocycles. The number of aromatic nitrogens is 1. The predicted octanol–water partition coefficient (Wildman–Crippen LogP) is 5.74. The van der Waals surface area contributed by atoms with Crippen molar-refractivity contribution in [3.63, 3.8) is 0 Å². The van der Waals surface area contributed by atoms with E-state index in [1.807, 2.05) is 54.6 Å². The van der Waals surface area contributed by atoms with Crippen molar-refractivity contribution < 1.29 is 13.2 Å². The average molecular weight is 426 g/mol. The average Bonchev–Trinajstić information content (AvgIpc) is 3.13. The second-order valence-electron chi connectivity index (χ2n) is 7.42. The first-order chi connectivity index (χ1) is 15.0. The zero-order valence-corrected chi connectivity index (χ0v) is 17.6. The minimum atomic E-state index is -3.85. The van der Waals surface area contributed by atoms with Gasteiger partial charge in [-0.1, -0.05) is 72.8 Å². The van der Waals surface area contributed by atoms with Crippen molar-refractivity contribution in [1.82, 2.24) is 3.97 Å². The molecule has 0 fully saturated rings. The first-order valence-electron chi connectivity index (χ1n) is 9.93. The third-order valence-corrected chi connectivity index (χ3v) is 7.18. The summed E-state index contributed by atoms with van der Waals surface area (Å²) in [6.07, 6.45) is 3.32. The van der Waals surface area contributed by atoms with E-state index in [-0.39, 0.29) is 10.7 Å². The lowest BCUT2D eigenvalue weighted by atomic mass is 10.1. The van der Waals surface area contributed by atoms with Crippen LogP contribution in [-0.4, -0.2) is 18.2 Å². The van der Waals surface area contributed by atoms with Gasteiger partial charge in [0.15, 0.2) is 5.78 Å². The number of allylic oxidation sites excluding steroid dienone is 1. The number of carbonyl (C=O) groups excluding carboxylic acids is 1. The van der Waals surface area contributed by atoms with Crippen molar-refractivity contribution in [3.05, 3.63) is 96.6 Å². The van der Waals surface area contributed by atoms with Crippen LogP contribution in [0.4, 0.5) is 0 Å². The molecule has 5 rings (SSSR count). The number of rotatable bonds is 4. The van der Waals surface area contributed by atoms with Gasteiger partial charge in [-0.05, 0) is 42.3 Å². The maximum Gasteiger partial charge on any atom is 0.268 e. The van der Waals surface area contributed by atoms with Crippen LogP contribution in [0.15, 0.2) is 95.9 Å². The molecule has 0 unspecified atom stereocenters. The molecule has 3 aromatic rings. The number of hydrogen-bond donors (Lipinski definition) is 0. The van der Waals surface area contributed by atoms with E-state index in [2.05, 4.69) is 0 Å². The van der Waals surface area contributed by atoms with E-state index in [1.165, 1.54) is 17.0 Å². The molecule has 5 heteroatoms. The highest BCUT2D eigenvalue weighted by molar-refractivity contribution is 7.90. The van der Waals surface area contributed by atoms with E-state index in [0.717, 1.165) is 27.5 Å². The summed E-state index contributed by atoms with van der Waals surface area (Å²) >= 11 is 0. The van der Waals surface area contributed by atoms with Gasteiger partial charge in [0.1, 0.15) is 0 Å². The fraction of sp³-hybridized carbons (Fsp3) is 0.0385. The Morgan fingerprint density at radius 1 is 0.806 bits per heavy atom. The topological polar surface area (TPSA) is 56.1 Å². The molecule has 0 N–H and O–H groups in total. The summed E-state index contributed by atoms with van der Waals surface area (Å²) in [5, 5.41) is 1.66. The van der Waals surface area contributed by atoms with Gasteiger partial charge in [-0.2, -0.15) is 0 Å². The Bertz CT molecular complexity index is 1560. The largest absolute Gasteiger partial charge is 0.295 e. The van der Waals surface area contributed by atoms with E-state index < -0.39 is 10.0 Å². The van der Waals surface area contributed by atoms with Crippen molar-refractivity contribution >= 4 is 43.7 Å². The molecule has 2 aliphatic rings. The Kier molecular flexibility index (Phi) is 4.49. The summed E-state index contributed by atoms with van der Waals surface area (Å²) in [4.78, 5) is 11.9. The zero-order valence-electron chi connectivity index (χ0n) is 16.8. The van der Waals surface area contributed by atoms with Crippen LogP contribution in [0.3, 0.4) is 0 Å². The molecule has 0 bridgehead atoms. The molecule has 0 saturated carbocycles. The smallest absolute Gasteiger partial charge is 0.268 e. The molecular formula is C26H19NO3S. The molecule has 0 aliphatic heterocycles. The van der Waals surface area contributed by atoms with Crippen LogP contribution in [0, 0.1) is 0 Å². The van der Waals surface area contributed by atoms with Crippen LogP contribution in [0.25, 0.3) is 39.0 Å². The number of hydrogen-bond acceptors (Lipinski definition) is 3. The van der Waals surface area contributed by atoms with E-state index in [0.29, 0.717) is 11.0 Å². The Morgan fingerprint density at radius 3 is 2.13 bits per heavy atom. The number of para-hydroxylation sites is 1. The molecule has 1 heterocycles. The lowest BCUT2D eigenvalue weighted by Gasteiger charge is -2.10. The Balaban J connectivity index is 2.02. The quantitative estimate of drug-likeness (QED) is 0.345.